The molecule has 0 aliphatic heterocycles. The molecule has 0 heterocycles. The van der Waals surface area contributed by atoms with E-state index in [1.54, 1.807) is 12.1 Å². The van der Waals surface area contributed by atoms with E-state index in [4.69, 9.17) is 0 Å². The molecule has 0 aliphatic carbocycles. The average Bonchev–Trinajstić information content (AvgIpc) is 2.66. The van der Waals surface area contributed by atoms with Gasteiger partial charge in [0.05, 0.1) is 0 Å². The van der Waals surface area contributed by atoms with E-state index in [0.717, 1.165) is 24.8 Å². The predicted octanol–water partition coefficient (Wildman–Crippen LogP) is 7.64. The zero-order chi connectivity index (χ0) is 21.4. The van der Waals surface area contributed by atoms with Crippen LogP contribution < -0.4 is 0 Å². The van der Waals surface area contributed by atoms with Gasteiger partial charge in [-0.25, -0.2) is 0 Å². The first-order valence-electron chi connectivity index (χ1n) is 11.2. The highest BCUT2D eigenvalue weighted by Gasteiger charge is 2.48. The van der Waals surface area contributed by atoms with Gasteiger partial charge in [-0.2, -0.15) is 0 Å². The number of phenols is 2. The van der Waals surface area contributed by atoms with Crippen molar-refractivity contribution in [3.05, 3.63) is 23.8 Å². The van der Waals surface area contributed by atoms with Crippen molar-refractivity contribution in [2.24, 2.45) is 16.7 Å². The Morgan fingerprint density at radius 2 is 1.64 bits per heavy atom. The van der Waals surface area contributed by atoms with Crippen LogP contribution in [0, 0.1) is 28.6 Å². The Labute approximate surface area is 173 Å². The molecule has 1 aromatic carbocycles. The standard InChI is InChI=1S/C26H42O2/c1-8-11-12-17-25(7,9-2)26(10-3,18-13-14-20(4)5)21(6)22-15-16-23(27)24(28)19-22/h15-16,19-21,27-28H,8-12,17-18H2,1-7H3. The summed E-state index contributed by atoms with van der Waals surface area (Å²) < 4.78 is 0. The Morgan fingerprint density at radius 3 is 2.14 bits per heavy atom. The SMILES string of the molecule is CCCCCC(C)(CC)C(CC)(CC#CC(C)C)C(C)c1ccc(O)c(O)c1. The van der Waals surface area contributed by atoms with Gasteiger partial charge >= 0.3 is 0 Å². The van der Waals surface area contributed by atoms with Crippen LogP contribution in [0.3, 0.4) is 0 Å². The summed E-state index contributed by atoms with van der Waals surface area (Å²) in [5, 5.41) is 19.9. The molecule has 2 heteroatoms. The molecule has 0 bridgehead atoms. The maximum absolute atomic E-state index is 10.1. The lowest BCUT2D eigenvalue weighted by Gasteiger charge is -2.52. The molecule has 0 saturated carbocycles. The molecule has 0 saturated heterocycles. The van der Waals surface area contributed by atoms with Crippen molar-refractivity contribution in [3.63, 3.8) is 0 Å². The van der Waals surface area contributed by atoms with E-state index in [1.165, 1.54) is 25.7 Å². The van der Waals surface area contributed by atoms with E-state index in [2.05, 4.69) is 60.3 Å². The van der Waals surface area contributed by atoms with Crippen molar-refractivity contribution in [1.29, 1.82) is 0 Å². The maximum atomic E-state index is 10.1. The van der Waals surface area contributed by atoms with E-state index < -0.39 is 0 Å². The molecule has 3 atom stereocenters. The molecule has 1 rings (SSSR count). The van der Waals surface area contributed by atoms with Gasteiger partial charge < -0.3 is 10.2 Å². The number of hydrogen-bond acceptors (Lipinski definition) is 2. The van der Waals surface area contributed by atoms with Crippen LogP contribution in [-0.4, -0.2) is 10.2 Å². The smallest absolute Gasteiger partial charge is 0.157 e. The largest absolute Gasteiger partial charge is 0.504 e. The van der Waals surface area contributed by atoms with Gasteiger partial charge in [-0.3, -0.25) is 0 Å². The Balaban J connectivity index is 3.46. The van der Waals surface area contributed by atoms with Crippen molar-refractivity contribution in [2.45, 2.75) is 99.3 Å². The number of aromatic hydroxyl groups is 2. The van der Waals surface area contributed by atoms with Crippen molar-refractivity contribution < 1.29 is 10.2 Å². The van der Waals surface area contributed by atoms with Crippen molar-refractivity contribution in [2.75, 3.05) is 0 Å². The molecular weight excluding hydrogens is 344 g/mol. The number of benzene rings is 1. The lowest BCUT2D eigenvalue weighted by atomic mass is 9.52. The summed E-state index contributed by atoms with van der Waals surface area (Å²) in [5.74, 6) is 7.42. The molecular formula is C26H42O2. The molecule has 28 heavy (non-hydrogen) atoms. The molecule has 2 N–H and O–H groups in total. The molecule has 1 aromatic rings. The first-order valence-corrected chi connectivity index (χ1v) is 11.2. The first-order chi connectivity index (χ1) is 13.2. The van der Waals surface area contributed by atoms with Crippen LogP contribution in [0.25, 0.3) is 0 Å². The van der Waals surface area contributed by atoms with E-state index in [0.29, 0.717) is 5.92 Å². The van der Waals surface area contributed by atoms with Crippen LogP contribution in [-0.2, 0) is 0 Å². The molecule has 0 aliphatic rings. The fourth-order valence-corrected chi connectivity index (χ4v) is 4.83. The van der Waals surface area contributed by atoms with E-state index >= 15 is 0 Å². The number of rotatable bonds is 10. The number of hydrogen-bond donors (Lipinski definition) is 2. The molecule has 0 amide bonds. The Morgan fingerprint density at radius 1 is 0.964 bits per heavy atom. The average molecular weight is 387 g/mol. The first kappa shape index (κ1) is 24.4. The van der Waals surface area contributed by atoms with Crippen LogP contribution in [0.15, 0.2) is 18.2 Å². The van der Waals surface area contributed by atoms with Gasteiger partial charge in [0.1, 0.15) is 0 Å². The Hall–Kier alpha value is -1.62. The minimum absolute atomic E-state index is 0.0147. The summed E-state index contributed by atoms with van der Waals surface area (Å²) in [4.78, 5) is 0. The van der Waals surface area contributed by atoms with Crippen LogP contribution >= 0.6 is 0 Å². The third kappa shape index (κ3) is 5.47. The third-order valence-corrected chi connectivity index (χ3v) is 7.07. The second-order valence-electron chi connectivity index (χ2n) is 9.00. The monoisotopic (exact) mass is 386 g/mol. The fourth-order valence-electron chi connectivity index (χ4n) is 4.83. The molecule has 0 fully saturated rings. The quantitative estimate of drug-likeness (QED) is 0.246. The zero-order valence-corrected chi connectivity index (χ0v) is 19.2. The Kier molecular flexibility index (Phi) is 9.42. The lowest BCUT2D eigenvalue weighted by molar-refractivity contribution is 0.00982. The minimum atomic E-state index is -0.0566. The van der Waals surface area contributed by atoms with Crippen molar-refractivity contribution in [1.82, 2.24) is 0 Å². The van der Waals surface area contributed by atoms with Crippen LogP contribution in [0.2, 0.25) is 0 Å². The van der Waals surface area contributed by atoms with Gasteiger partial charge in [0.15, 0.2) is 11.5 Å². The van der Waals surface area contributed by atoms with Gasteiger partial charge in [0.2, 0.25) is 0 Å². The van der Waals surface area contributed by atoms with Crippen LogP contribution in [0.4, 0.5) is 0 Å². The van der Waals surface area contributed by atoms with Gasteiger partial charge in [0.25, 0.3) is 0 Å². The number of phenolic OH excluding ortho intramolecular Hbond substituents is 2. The van der Waals surface area contributed by atoms with E-state index in [9.17, 15) is 10.2 Å². The second-order valence-corrected chi connectivity index (χ2v) is 9.00. The van der Waals surface area contributed by atoms with E-state index in [1.807, 2.05) is 6.07 Å². The third-order valence-electron chi connectivity index (χ3n) is 7.07. The van der Waals surface area contributed by atoms with Crippen molar-refractivity contribution in [3.8, 4) is 23.3 Å². The highest BCUT2D eigenvalue weighted by Crippen LogP contribution is 2.58. The molecule has 3 unspecified atom stereocenters. The summed E-state index contributed by atoms with van der Waals surface area (Å²) in [7, 11) is 0. The Bertz CT molecular complexity index is 667. The minimum Gasteiger partial charge on any atom is -0.504 e. The number of unbranched alkanes of at least 4 members (excludes halogenated alkanes) is 2. The maximum Gasteiger partial charge on any atom is 0.157 e. The lowest BCUT2D eigenvalue weighted by Crippen LogP contribution is -2.43. The van der Waals surface area contributed by atoms with Gasteiger partial charge in [-0.15, -0.1) is 11.8 Å². The summed E-state index contributed by atoms with van der Waals surface area (Å²) in [5.41, 5.74) is 1.26. The summed E-state index contributed by atoms with van der Waals surface area (Å²) >= 11 is 0. The molecule has 0 aromatic heterocycles. The molecule has 0 spiro atoms. The summed E-state index contributed by atoms with van der Waals surface area (Å²) in [6.07, 6.45) is 7.95. The van der Waals surface area contributed by atoms with Gasteiger partial charge in [-0.05, 0) is 47.3 Å². The zero-order valence-electron chi connectivity index (χ0n) is 19.2. The topological polar surface area (TPSA) is 40.5 Å². The summed E-state index contributed by atoms with van der Waals surface area (Å²) in [6.45, 7) is 15.9. The van der Waals surface area contributed by atoms with Crippen LogP contribution in [0.5, 0.6) is 11.5 Å². The molecule has 2 nitrogen and oxygen atoms in total. The molecule has 158 valence electrons. The predicted molar refractivity (Wildman–Crippen MR) is 121 cm³/mol. The molecule has 0 radical (unpaired) electrons. The second kappa shape index (κ2) is 10.8. The van der Waals surface area contributed by atoms with Crippen LogP contribution in [0.1, 0.15) is 105 Å². The highest BCUT2D eigenvalue weighted by molar-refractivity contribution is 5.42. The van der Waals surface area contributed by atoms with Crippen molar-refractivity contribution >= 4 is 0 Å². The fraction of sp³-hybridized carbons (Fsp3) is 0.692. The normalized spacial score (nSPS) is 16.7. The van der Waals surface area contributed by atoms with Gasteiger partial charge in [-0.1, -0.05) is 80.2 Å². The highest BCUT2D eigenvalue weighted by atomic mass is 16.3. The van der Waals surface area contributed by atoms with E-state index in [-0.39, 0.29) is 28.2 Å². The summed E-state index contributed by atoms with van der Waals surface area (Å²) in [6, 6.07) is 5.31. The van der Waals surface area contributed by atoms with Gasteiger partial charge in [0, 0.05) is 12.3 Å².